The number of carbonyl (C=O) groups excluding carboxylic acids is 3. The van der Waals surface area contributed by atoms with Gasteiger partial charge in [0.05, 0.1) is 6.54 Å². The van der Waals surface area contributed by atoms with Crippen LogP contribution < -0.4 is 41.4 Å². The zero-order valence-corrected chi connectivity index (χ0v) is 42.1. The molecular weight excluding hydrogens is 984 g/mol. The molecule has 0 aliphatic carbocycles. The lowest BCUT2D eigenvalue weighted by Gasteiger charge is -2.17. The minimum atomic E-state index is -0.234. The van der Waals surface area contributed by atoms with E-state index in [1.54, 1.807) is 97.3 Å². The monoisotopic (exact) mass is 1040 g/mol. The summed E-state index contributed by atoms with van der Waals surface area (Å²) < 4.78 is 12.3. The van der Waals surface area contributed by atoms with Crippen LogP contribution in [0, 0.1) is 18.8 Å². The molecule has 0 saturated carbocycles. The van der Waals surface area contributed by atoms with Gasteiger partial charge in [-0.1, -0.05) is 5.18 Å². The van der Waals surface area contributed by atoms with Crippen LogP contribution in [0.3, 0.4) is 0 Å². The van der Waals surface area contributed by atoms with Crippen molar-refractivity contribution in [3.05, 3.63) is 111 Å². The molecule has 0 bridgehead atoms. The van der Waals surface area contributed by atoms with Crippen molar-refractivity contribution >= 4 is 96.9 Å². The Bertz CT molecular complexity index is 3080. The molecule has 22 nitrogen and oxygen atoms in total. The van der Waals surface area contributed by atoms with Gasteiger partial charge in [-0.25, -0.2) is 24.7 Å². The Labute approximate surface area is 427 Å². The van der Waals surface area contributed by atoms with Crippen LogP contribution in [0.15, 0.2) is 90.6 Å². The Kier molecular flexibility index (Phi) is 18.0. The Hall–Kier alpha value is -7.80. The number of ether oxygens (including phenoxy) is 2. The van der Waals surface area contributed by atoms with Crippen molar-refractivity contribution in [1.82, 2.24) is 55.9 Å². The summed E-state index contributed by atoms with van der Waals surface area (Å²) in [5.41, 5.74) is 2.27. The number of nitrogens with zero attached hydrogens (tertiary/aromatic N) is 8. The number of H-pyrrole nitrogens is 2. The number of benzene rings is 2. The molecule has 0 unspecified atom stereocenters. The highest BCUT2D eigenvalue weighted by molar-refractivity contribution is 7.16. The number of hydrogen-bond donors (Lipinski definition) is 8. The Morgan fingerprint density at radius 3 is 1.65 bits per heavy atom. The minimum Gasteiger partial charge on any atom is -0.456 e. The van der Waals surface area contributed by atoms with Crippen molar-refractivity contribution in [3.63, 3.8) is 0 Å². The second-order valence-corrected chi connectivity index (χ2v) is 18.6. The summed E-state index contributed by atoms with van der Waals surface area (Å²) in [4.78, 5) is 66.9. The average molecular weight is 1040 g/mol. The molecule has 25 heteroatoms. The number of aryl methyl sites for hydroxylation is 2. The van der Waals surface area contributed by atoms with Gasteiger partial charge >= 0.3 is 6.03 Å². The molecule has 0 spiro atoms. The zero-order chi connectivity index (χ0) is 49.7. The number of likely N-dealkylation sites (tertiary alicyclic amines) is 1. The van der Waals surface area contributed by atoms with E-state index >= 15 is 0 Å². The third kappa shape index (κ3) is 13.3. The molecular formula is C47H53ClN16O6S2. The minimum absolute atomic E-state index is 0. The molecule has 2 atom stereocenters. The first-order valence-corrected chi connectivity index (χ1v) is 24.5. The van der Waals surface area contributed by atoms with E-state index in [2.05, 4.69) is 77.4 Å². The van der Waals surface area contributed by atoms with Gasteiger partial charge in [0.25, 0.3) is 11.8 Å². The number of carbonyl (C=O) groups is 3. The van der Waals surface area contributed by atoms with Crippen LogP contribution in [0.25, 0.3) is 22.1 Å². The fraction of sp³-hybridized carbons (Fsp3) is 0.298. The van der Waals surface area contributed by atoms with Gasteiger partial charge in [-0.2, -0.15) is 15.1 Å². The van der Waals surface area contributed by atoms with Gasteiger partial charge in [0.2, 0.25) is 0 Å². The number of anilines is 4. The first-order chi connectivity index (χ1) is 34.6. The molecule has 2 saturated heterocycles. The highest BCUT2D eigenvalue weighted by Crippen LogP contribution is 2.35. The van der Waals surface area contributed by atoms with E-state index in [-0.39, 0.29) is 36.3 Å². The van der Waals surface area contributed by atoms with Gasteiger partial charge in [0.15, 0.2) is 33.2 Å². The SMILES string of the molecule is CCN=O.CCNC(=O)N1CC[C@@H](Nc2n[nH]c3nccc(Oc4ccc(C(=O)Nc5ncc(C)s5)cc4)c23)C1.Cc1cnc(NC(=O)c2ccc(Oc3ccnc4[nH]nc(N[C@@H]5CCNC5)c34)cc2)s1.Cl. The standard InChI is InChI=1S/C24H26N8O3S.C21H21N7O2S.C2H5NO.ClH/c1-3-25-24(34)32-11-9-16(13-32)28-21-19-18(8-10-26-20(19)30-31-21)35-17-6-4-15(5-7-17)22(33)29-23-27-12-14(2)36-23;1-12-10-24-21(31-12)26-20(29)13-2-4-15(5-3-13)30-16-7-9-23-18-17(16)19(28-27-18)25-14-6-8-22-11-14;1-2-3-4;/h4-8,10,12,16H,3,9,11,13H2,1-2H3,(H,25,34)(H,27,29,33)(H2,26,28,30,31);2-5,7,9-10,14,22H,6,8,11H2,1H3,(H,24,26,29)(H2,23,25,27,28);2H2,1H3;1H/t16-;14-;;/m11../s1. The van der Waals surface area contributed by atoms with E-state index in [1.807, 2.05) is 20.8 Å². The summed E-state index contributed by atoms with van der Waals surface area (Å²) in [6.45, 7) is 11.6. The quantitative estimate of drug-likeness (QED) is 0.0473. The smallest absolute Gasteiger partial charge is 0.317 e. The normalized spacial score (nSPS) is 14.8. The van der Waals surface area contributed by atoms with E-state index in [1.165, 1.54) is 22.7 Å². The fourth-order valence-electron chi connectivity index (χ4n) is 7.48. The van der Waals surface area contributed by atoms with Crippen molar-refractivity contribution in [2.75, 3.05) is 60.5 Å². The van der Waals surface area contributed by atoms with E-state index in [0.717, 1.165) is 52.3 Å². The predicted molar refractivity (Wildman–Crippen MR) is 282 cm³/mol. The first kappa shape index (κ1) is 52.0. The molecule has 376 valence electrons. The third-order valence-electron chi connectivity index (χ3n) is 10.9. The summed E-state index contributed by atoms with van der Waals surface area (Å²) >= 11 is 2.86. The molecule has 8 N–H and O–H groups in total. The lowest BCUT2D eigenvalue weighted by atomic mass is 10.2. The third-order valence-corrected chi connectivity index (χ3v) is 12.5. The second kappa shape index (κ2) is 24.8. The predicted octanol–water partition coefficient (Wildman–Crippen LogP) is 8.72. The number of aromatic nitrogens is 8. The van der Waals surface area contributed by atoms with Crippen LogP contribution in [-0.4, -0.2) is 114 Å². The summed E-state index contributed by atoms with van der Waals surface area (Å²) in [5, 5.41) is 38.5. The summed E-state index contributed by atoms with van der Waals surface area (Å²) in [7, 11) is 0. The van der Waals surface area contributed by atoms with Gasteiger partial charge in [-0.05, 0) is 95.6 Å². The van der Waals surface area contributed by atoms with Crippen molar-refractivity contribution < 1.29 is 23.9 Å². The largest absolute Gasteiger partial charge is 0.456 e. The first-order valence-electron chi connectivity index (χ1n) is 22.8. The number of nitrogens with one attached hydrogen (secondary N) is 8. The number of thiazole rings is 2. The number of amides is 4. The number of halogens is 1. The van der Waals surface area contributed by atoms with E-state index in [0.29, 0.717) is 93.7 Å². The lowest BCUT2D eigenvalue weighted by molar-refractivity contribution is 0.101. The maximum atomic E-state index is 12.5. The van der Waals surface area contributed by atoms with Gasteiger partial charge in [0.1, 0.15) is 33.8 Å². The topological polar surface area (TPSA) is 283 Å². The van der Waals surface area contributed by atoms with Crippen molar-refractivity contribution in [2.24, 2.45) is 5.18 Å². The Morgan fingerprint density at radius 1 is 0.722 bits per heavy atom. The molecule has 10 rings (SSSR count). The number of urea groups is 1. The van der Waals surface area contributed by atoms with E-state index in [9.17, 15) is 14.4 Å². The van der Waals surface area contributed by atoms with Crippen LogP contribution in [0.5, 0.6) is 23.0 Å². The molecule has 0 radical (unpaired) electrons. The molecule has 2 aliphatic rings. The Balaban J connectivity index is 0.000000196. The number of fused-ring (bicyclic) bond motifs is 2. The number of pyridine rings is 2. The van der Waals surface area contributed by atoms with Crippen LogP contribution in [-0.2, 0) is 0 Å². The second-order valence-electron chi connectivity index (χ2n) is 16.1. The molecule has 2 aliphatic heterocycles. The molecule has 2 aromatic carbocycles. The van der Waals surface area contributed by atoms with Gasteiger partial charge < -0.3 is 35.6 Å². The highest BCUT2D eigenvalue weighted by atomic mass is 35.5. The molecule has 6 aromatic heterocycles. The molecule has 4 amide bonds. The maximum absolute atomic E-state index is 12.5. The van der Waals surface area contributed by atoms with Gasteiger partial charge in [-0.3, -0.25) is 30.4 Å². The Morgan fingerprint density at radius 2 is 1.22 bits per heavy atom. The van der Waals surface area contributed by atoms with E-state index < -0.39 is 0 Å². The van der Waals surface area contributed by atoms with Gasteiger partial charge in [-0.15, -0.1) is 35.1 Å². The van der Waals surface area contributed by atoms with E-state index in [4.69, 9.17) is 14.4 Å². The van der Waals surface area contributed by atoms with Gasteiger partial charge in [0, 0.05) is 96.1 Å². The van der Waals surface area contributed by atoms with Crippen LogP contribution >= 0.6 is 35.1 Å². The molecule has 72 heavy (non-hydrogen) atoms. The maximum Gasteiger partial charge on any atom is 0.317 e. The number of rotatable bonds is 14. The lowest BCUT2D eigenvalue weighted by Crippen LogP contribution is -2.39. The van der Waals surface area contributed by atoms with Crippen molar-refractivity contribution in [2.45, 2.75) is 52.6 Å². The highest BCUT2D eigenvalue weighted by Gasteiger charge is 2.28. The number of nitroso groups, excluding NO2 is 1. The number of hydrogen-bond acceptors (Lipinski definition) is 18. The van der Waals surface area contributed by atoms with Crippen LogP contribution in [0.1, 0.15) is 57.2 Å². The summed E-state index contributed by atoms with van der Waals surface area (Å²) in [6.07, 6.45) is 8.62. The molecule has 2 fully saturated rings. The average Bonchev–Trinajstić information content (AvgIpc) is 4.27. The van der Waals surface area contributed by atoms with Crippen molar-refractivity contribution in [1.29, 1.82) is 0 Å². The molecule has 8 heterocycles. The van der Waals surface area contributed by atoms with Crippen LogP contribution in [0.4, 0.5) is 26.7 Å². The summed E-state index contributed by atoms with van der Waals surface area (Å²) in [5.74, 6) is 3.30. The number of aromatic amines is 2. The summed E-state index contributed by atoms with van der Waals surface area (Å²) in [6, 6.07) is 17.8. The fourth-order valence-corrected chi connectivity index (χ4v) is 8.80. The van der Waals surface area contributed by atoms with Crippen molar-refractivity contribution in [3.8, 4) is 23.0 Å². The zero-order valence-electron chi connectivity index (χ0n) is 39.6. The van der Waals surface area contributed by atoms with Crippen LogP contribution in [0.2, 0.25) is 0 Å². The molecule has 8 aromatic rings.